The molecule has 0 spiro atoms. The zero-order valence-corrected chi connectivity index (χ0v) is 18.4. The highest BCUT2D eigenvalue weighted by Crippen LogP contribution is 2.35. The average molecular weight is 476 g/mol. The van der Waals surface area contributed by atoms with Crippen molar-refractivity contribution in [2.75, 3.05) is 39.9 Å². The van der Waals surface area contributed by atoms with E-state index in [0.29, 0.717) is 44.4 Å². The van der Waals surface area contributed by atoms with Gasteiger partial charge < -0.3 is 18.9 Å². The number of alkyl halides is 3. The molecule has 180 valence electrons. The monoisotopic (exact) mass is 476 g/mol. The van der Waals surface area contributed by atoms with Crippen molar-refractivity contribution < 1.29 is 32.0 Å². The first kappa shape index (κ1) is 23.6. The molecule has 1 aliphatic heterocycles. The maximum atomic E-state index is 13.1. The Morgan fingerprint density at radius 2 is 1.76 bits per heavy atom. The second-order valence-electron chi connectivity index (χ2n) is 7.68. The minimum absolute atomic E-state index is 0.356. The van der Waals surface area contributed by atoms with Crippen LogP contribution in [0.1, 0.15) is 11.5 Å². The summed E-state index contributed by atoms with van der Waals surface area (Å²) < 4.78 is 54.9. The Labute approximate surface area is 193 Å². The first-order valence-electron chi connectivity index (χ1n) is 10.6. The number of halogens is 3. The van der Waals surface area contributed by atoms with E-state index in [0.717, 1.165) is 17.4 Å². The highest BCUT2D eigenvalue weighted by molar-refractivity contribution is 5.78. The maximum Gasteiger partial charge on any atom is 0.419 e. The fourth-order valence-electron chi connectivity index (χ4n) is 3.58. The van der Waals surface area contributed by atoms with Gasteiger partial charge in [0.2, 0.25) is 11.7 Å². The van der Waals surface area contributed by atoms with Crippen LogP contribution in [0.2, 0.25) is 0 Å². The molecule has 1 amide bonds. The molecule has 0 radical (unpaired) electrons. The van der Waals surface area contributed by atoms with E-state index >= 15 is 0 Å². The Morgan fingerprint density at radius 3 is 2.44 bits per heavy atom. The van der Waals surface area contributed by atoms with Gasteiger partial charge in [0, 0.05) is 31.7 Å². The highest BCUT2D eigenvalue weighted by Gasteiger charge is 2.34. The van der Waals surface area contributed by atoms with E-state index in [2.05, 4.69) is 15.0 Å². The third-order valence-corrected chi connectivity index (χ3v) is 5.44. The van der Waals surface area contributed by atoms with Gasteiger partial charge in [0.05, 0.1) is 19.2 Å². The van der Waals surface area contributed by atoms with Crippen LogP contribution in [0.5, 0.6) is 11.5 Å². The molecule has 34 heavy (non-hydrogen) atoms. The summed E-state index contributed by atoms with van der Waals surface area (Å²) in [6, 6.07) is 12.2. The molecule has 1 aliphatic rings. The van der Waals surface area contributed by atoms with Crippen LogP contribution in [-0.2, 0) is 17.5 Å². The number of para-hydroxylation sites is 1. The van der Waals surface area contributed by atoms with Gasteiger partial charge in [-0.25, -0.2) is 0 Å². The molecular weight excluding hydrogens is 453 g/mol. The number of carbonyl (C=O) groups is 1. The van der Waals surface area contributed by atoms with Crippen molar-refractivity contribution in [2.24, 2.45) is 0 Å². The Bertz CT molecular complexity index is 1110. The van der Waals surface area contributed by atoms with E-state index in [1.54, 1.807) is 12.0 Å². The second-order valence-corrected chi connectivity index (χ2v) is 7.68. The summed E-state index contributed by atoms with van der Waals surface area (Å²) in [5, 5.41) is 4.01. The van der Waals surface area contributed by atoms with Gasteiger partial charge in [0.15, 0.2) is 6.61 Å². The van der Waals surface area contributed by atoms with E-state index in [-0.39, 0.29) is 11.7 Å². The molecule has 3 aromatic rings. The first-order chi connectivity index (χ1) is 16.3. The number of rotatable bonds is 7. The average Bonchev–Trinajstić information content (AvgIpc) is 3.31. The number of methoxy groups -OCH3 is 1. The van der Waals surface area contributed by atoms with E-state index in [1.165, 1.54) is 18.2 Å². The van der Waals surface area contributed by atoms with Crippen LogP contribution in [0, 0.1) is 0 Å². The second kappa shape index (κ2) is 10.1. The molecule has 1 fully saturated rings. The Morgan fingerprint density at radius 1 is 1.06 bits per heavy atom. The van der Waals surface area contributed by atoms with E-state index < -0.39 is 18.3 Å². The summed E-state index contributed by atoms with van der Waals surface area (Å²) in [7, 11) is 1.59. The normalized spacial score (nSPS) is 14.8. The summed E-state index contributed by atoms with van der Waals surface area (Å²) >= 11 is 0. The number of hydrogen-bond donors (Lipinski definition) is 0. The lowest BCUT2D eigenvalue weighted by atomic mass is 10.2. The summed E-state index contributed by atoms with van der Waals surface area (Å²) in [4.78, 5) is 20.5. The van der Waals surface area contributed by atoms with E-state index in [1.807, 2.05) is 24.3 Å². The van der Waals surface area contributed by atoms with Gasteiger partial charge in [-0.1, -0.05) is 17.3 Å². The predicted molar refractivity (Wildman–Crippen MR) is 115 cm³/mol. The quantitative estimate of drug-likeness (QED) is 0.517. The molecule has 0 unspecified atom stereocenters. The van der Waals surface area contributed by atoms with Crippen molar-refractivity contribution in [1.82, 2.24) is 19.9 Å². The molecule has 2 heterocycles. The van der Waals surface area contributed by atoms with Crippen LogP contribution >= 0.6 is 0 Å². The Hall–Kier alpha value is -3.60. The zero-order valence-electron chi connectivity index (χ0n) is 18.4. The molecule has 8 nitrogen and oxygen atoms in total. The lowest BCUT2D eigenvalue weighted by Crippen LogP contribution is -2.49. The summed E-state index contributed by atoms with van der Waals surface area (Å²) in [5.41, 5.74) is -0.0977. The third kappa shape index (κ3) is 5.66. The number of carbonyl (C=O) groups excluding carboxylic acids is 1. The largest absolute Gasteiger partial charge is 0.497 e. The van der Waals surface area contributed by atoms with Gasteiger partial charge in [-0.15, -0.1) is 0 Å². The lowest BCUT2D eigenvalue weighted by molar-refractivity contribution is -0.141. The van der Waals surface area contributed by atoms with Crippen molar-refractivity contribution in [3.63, 3.8) is 0 Å². The zero-order chi connectivity index (χ0) is 24.1. The third-order valence-electron chi connectivity index (χ3n) is 5.44. The number of amides is 1. The lowest BCUT2D eigenvalue weighted by Gasteiger charge is -2.33. The van der Waals surface area contributed by atoms with Crippen molar-refractivity contribution >= 4 is 5.91 Å². The van der Waals surface area contributed by atoms with Crippen LogP contribution in [0.15, 0.2) is 53.1 Å². The van der Waals surface area contributed by atoms with Crippen LogP contribution < -0.4 is 9.47 Å². The molecule has 0 bridgehead atoms. The molecule has 1 aromatic heterocycles. The van der Waals surface area contributed by atoms with Gasteiger partial charge in [0.1, 0.15) is 11.5 Å². The fraction of sp³-hybridized carbons (Fsp3) is 0.348. The Kier molecular flexibility index (Phi) is 7.01. The molecule has 1 saturated heterocycles. The summed E-state index contributed by atoms with van der Waals surface area (Å²) in [6.45, 7) is 1.93. The first-order valence-corrected chi connectivity index (χ1v) is 10.6. The van der Waals surface area contributed by atoms with Gasteiger partial charge in [-0.05, 0) is 36.4 Å². The van der Waals surface area contributed by atoms with E-state index in [9.17, 15) is 18.0 Å². The predicted octanol–water partition coefficient (Wildman–Crippen LogP) is 3.49. The number of nitrogens with zero attached hydrogens (tertiary/aromatic N) is 4. The van der Waals surface area contributed by atoms with Gasteiger partial charge in [-0.3, -0.25) is 9.69 Å². The van der Waals surface area contributed by atoms with Gasteiger partial charge in [-0.2, -0.15) is 18.2 Å². The van der Waals surface area contributed by atoms with Crippen molar-refractivity contribution in [3.05, 3.63) is 60.0 Å². The summed E-state index contributed by atoms with van der Waals surface area (Å²) in [6.07, 6.45) is -4.55. The molecular formula is C23H23F3N4O4. The number of piperazine rings is 1. The smallest absolute Gasteiger partial charge is 0.419 e. The number of hydrogen-bond acceptors (Lipinski definition) is 7. The molecule has 0 N–H and O–H groups in total. The van der Waals surface area contributed by atoms with E-state index in [4.69, 9.17) is 14.0 Å². The highest BCUT2D eigenvalue weighted by atomic mass is 19.4. The van der Waals surface area contributed by atoms with Crippen LogP contribution in [0.3, 0.4) is 0 Å². The number of ether oxygens (including phenoxy) is 2. The number of aromatic nitrogens is 2. The van der Waals surface area contributed by atoms with Crippen LogP contribution in [0.25, 0.3) is 11.4 Å². The molecule has 0 atom stereocenters. The van der Waals surface area contributed by atoms with Gasteiger partial charge >= 0.3 is 6.18 Å². The molecule has 11 heteroatoms. The van der Waals surface area contributed by atoms with Crippen LogP contribution in [-0.4, -0.2) is 65.7 Å². The standard InChI is InChI=1S/C23H23F3N4O4/c1-32-17-8-6-16(7-9-17)22-27-20(34-28-22)14-29-10-12-30(13-11-29)21(31)15-33-19-5-3-2-4-18(19)23(24,25)26/h2-9H,10-15H2,1H3. The number of benzene rings is 2. The minimum atomic E-state index is -4.55. The summed E-state index contributed by atoms with van der Waals surface area (Å²) in [5.74, 6) is 0.942. The minimum Gasteiger partial charge on any atom is -0.497 e. The molecule has 4 rings (SSSR count). The maximum absolute atomic E-state index is 13.1. The molecule has 2 aromatic carbocycles. The van der Waals surface area contributed by atoms with Crippen LogP contribution in [0.4, 0.5) is 13.2 Å². The molecule has 0 aliphatic carbocycles. The molecule has 0 saturated carbocycles. The fourth-order valence-corrected chi connectivity index (χ4v) is 3.58. The van der Waals surface area contributed by atoms with Crippen molar-refractivity contribution in [1.29, 1.82) is 0 Å². The van der Waals surface area contributed by atoms with Crippen molar-refractivity contribution in [2.45, 2.75) is 12.7 Å². The van der Waals surface area contributed by atoms with Crippen molar-refractivity contribution in [3.8, 4) is 22.9 Å². The topological polar surface area (TPSA) is 80.9 Å². The van der Waals surface area contributed by atoms with Gasteiger partial charge in [0.25, 0.3) is 5.91 Å². The SMILES string of the molecule is COc1ccc(-c2noc(CN3CCN(C(=O)COc4ccccc4C(F)(F)F)CC3)n2)cc1. The Balaban J connectivity index is 1.26.